The van der Waals surface area contributed by atoms with E-state index in [4.69, 9.17) is 4.74 Å². The summed E-state index contributed by atoms with van der Waals surface area (Å²) in [5, 5.41) is 12.0. The first-order valence-electron chi connectivity index (χ1n) is 6.21. The molecule has 1 unspecified atom stereocenters. The van der Waals surface area contributed by atoms with E-state index < -0.39 is 0 Å². The molecule has 0 aliphatic carbocycles. The molecule has 2 rings (SSSR count). The molecule has 2 heterocycles. The van der Waals surface area contributed by atoms with Gasteiger partial charge in [-0.3, -0.25) is 4.79 Å². The number of anilines is 1. The van der Waals surface area contributed by atoms with E-state index in [0.29, 0.717) is 32.1 Å². The smallest absolute Gasteiger partial charge is 0.244 e. The molecule has 1 atom stereocenters. The van der Waals surface area contributed by atoms with Gasteiger partial charge in [0.05, 0.1) is 13.2 Å². The molecule has 0 spiro atoms. The first-order chi connectivity index (χ1) is 9.20. The van der Waals surface area contributed by atoms with Crippen molar-refractivity contribution in [2.24, 2.45) is 0 Å². The van der Waals surface area contributed by atoms with Crippen LogP contribution in [0.25, 0.3) is 0 Å². The van der Waals surface area contributed by atoms with E-state index >= 15 is 0 Å². The van der Waals surface area contributed by atoms with Crippen molar-refractivity contribution in [1.82, 2.24) is 15.1 Å². The summed E-state index contributed by atoms with van der Waals surface area (Å²) >= 11 is 1.53. The highest BCUT2D eigenvalue weighted by molar-refractivity contribution is 7.98. The molecule has 1 aliphatic heterocycles. The molecule has 0 aromatic carbocycles. The maximum atomic E-state index is 12.2. The highest BCUT2D eigenvalue weighted by atomic mass is 32.2. The molecule has 7 heteroatoms. The van der Waals surface area contributed by atoms with Crippen molar-refractivity contribution in [2.45, 2.75) is 18.0 Å². The van der Waals surface area contributed by atoms with E-state index in [1.54, 1.807) is 0 Å². The number of ether oxygens (including phenoxy) is 1. The average molecular weight is 282 g/mol. The van der Waals surface area contributed by atoms with Gasteiger partial charge in [-0.1, -0.05) is 0 Å². The van der Waals surface area contributed by atoms with Crippen LogP contribution in [0.15, 0.2) is 17.2 Å². The van der Waals surface area contributed by atoms with Gasteiger partial charge in [0.2, 0.25) is 5.91 Å². The second-order valence-electron chi connectivity index (χ2n) is 4.26. The lowest BCUT2D eigenvalue weighted by Crippen LogP contribution is -2.47. The number of thioether (sulfide) groups is 1. The molecule has 1 saturated heterocycles. The van der Waals surface area contributed by atoms with E-state index in [9.17, 15) is 4.79 Å². The van der Waals surface area contributed by atoms with Crippen molar-refractivity contribution in [3.8, 4) is 0 Å². The summed E-state index contributed by atoms with van der Waals surface area (Å²) in [5.74, 6) is 0.686. The van der Waals surface area contributed by atoms with Crippen LogP contribution in [-0.4, -0.2) is 59.6 Å². The summed E-state index contributed by atoms with van der Waals surface area (Å²) in [5.41, 5.74) is 0. The number of carbonyl (C=O) groups is 1. The number of nitrogens with zero attached hydrogens (tertiary/aromatic N) is 3. The zero-order valence-corrected chi connectivity index (χ0v) is 11.9. The van der Waals surface area contributed by atoms with Crippen LogP contribution in [0.1, 0.15) is 6.92 Å². The Hall–Kier alpha value is -1.34. The van der Waals surface area contributed by atoms with Gasteiger partial charge in [0, 0.05) is 13.1 Å². The number of rotatable bonds is 4. The highest BCUT2D eigenvalue weighted by Gasteiger charge is 2.22. The van der Waals surface area contributed by atoms with Crippen LogP contribution in [0.5, 0.6) is 0 Å². The minimum absolute atomic E-state index is 0.0686. The Balaban J connectivity index is 1.91. The molecule has 1 aromatic heterocycles. The summed E-state index contributed by atoms with van der Waals surface area (Å²) in [4.78, 5) is 14.0. The fraction of sp³-hybridized carbons (Fsp3) is 0.583. The fourth-order valence-corrected chi connectivity index (χ4v) is 2.17. The predicted molar refractivity (Wildman–Crippen MR) is 74.3 cm³/mol. The van der Waals surface area contributed by atoms with Crippen LogP contribution in [-0.2, 0) is 9.53 Å². The molecule has 1 aliphatic rings. The van der Waals surface area contributed by atoms with Gasteiger partial charge in [0.25, 0.3) is 0 Å². The van der Waals surface area contributed by atoms with E-state index in [2.05, 4.69) is 15.5 Å². The van der Waals surface area contributed by atoms with Gasteiger partial charge in [-0.05, 0) is 25.3 Å². The number of nitrogens with one attached hydrogen (secondary N) is 1. The molecular weight excluding hydrogens is 264 g/mol. The number of amides is 1. The average Bonchev–Trinajstić information content (AvgIpc) is 2.48. The molecule has 0 bridgehead atoms. The molecule has 6 nitrogen and oxygen atoms in total. The third-order valence-corrected chi connectivity index (χ3v) is 3.54. The van der Waals surface area contributed by atoms with E-state index in [1.165, 1.54) is 11.8 Å². The standard InChI is InChI=1S/C12H18N4O2S/c1-9(12(17)16-5-7-18-8-6-16)13-10-3-4-11(19-2)15-14-10/h3-4,9H,5-8H2,1-2H3,(H,13,14). The summed E-state index contributed by atoms with van der Waals surface area (Å²) in [6, 6.07) is 3.40. The Morgan fingerprint density at radius 3 is 2.74 bits per heavy atom. The number of hydrogen-bond acceptors (Lipinski definition) is 6. The maximum Gasteiger partial charge on any atom is 0.244 e. The van der Waals surface area contributed by atoms with Crippen molar-refractivity contribution in [1.29, 1.82) is 0 Å². The molecular formula is C12H18N4O2S. The molecule has 1 N–H and O–H groups in total. The number of morpholine rings is 1. The lowest BCUT2D eigenvalue weighted by molar-refractivity contribution is -0.135. The van der Waals surface area contributed by atoms with Crippen molar-refractivity contribution < 1.29 is 9.53 Å². The quantitative estimate of drug-likeness (QED) is 0.826. The fourth-order valence-electron chi connectivity index (χ4n) is 1.85. The third kappa shape index (κ3) is 3.81. The topological polar surface area (TPSA) is 67.4 Å². The zero-order chi connectivity index (χ0) is 13.7. The summed E-state index contributed by atoms with van der Waals surface area (Å²) in [6.45, 7) is 4.37. The van der Waals surface area contributed by atoms with E-state index in [0.717, 1.165) is 5.03 Å². The molecule has 1 aromatic rings. The first kappa shape index (κ1) is 14.1. The monoisotopic (exact) mass is 282 g/mol. The Labute approximate surface area is 116 Å². The third-order valence-electron chi connectivity index (χ3n) is 2.91. The van der Waals surface area contributed by atoms with E-state index in [1.807, 2.05) is 30.2 Å². The first-order valence-corrected chi connectivity index (χ1v) is 7.44. The van der Waals surface area contributed by atoms with Gasteiger partial charge >= 0.3 is 0 Å². The molecule has 1 fully saturated rings. The summed E-state index contributed by atoms with van der Waals surface area (Å²) in [6.07, 6.45) is 1.95. The second kappa shape index (κ2) is 6.72. The van der Waals surface area contributed by atoms with Crippen molar-refractivity contribution in [3.63, 3.8) is 0 Å². The predicted octanol–water partition coefficient (Wildman–Crippen LogP) is 0.858. The van der Waals surface area contributed by atoms with Crippen LogP contribution in [0.2, 0.25) is 0 Å². The summed E-state index contributed by atoms with van der Waals surface area (Å²) in [7, 11) is 0. The van der Waals surface area contributed by atoms with Crippen LogP contribution >= 0.6 is 11.8 Å². The van der Waals surface area contributed by atoms with Crippen molar-refractivity contribution in [3.05, 3.63) is 12.1 Å². The zero-order valence-electron chi connectivity index (χ0n) is 11.1. The Kier molecular flexibility index (Phi) is 4.98. The van der Waals surface area contributed by atoms with Crippen LogP contribution in [0.4, 0.5) is 5.82 Å². The van der Waals surface area contributed by atoms with Gasteiger partial charge in [0.15, 0.2) is 0 Å². The Morgan fingerprint density at radius 2 is 2.16 bits per heavy atom. The number of carbonyl (C=O) groups excluding carboxylic acids is 1. The van der Waals surface area contributed by atoms with Gasteiger partial charge in [-0.15, -0.1) is 22.0 Å². The Morgan fingerprint density at radius 1 is 1.42 bits per heavy atom. The molecule has 0 radical (unpaired) electrons. The van der Waals surface area contributed by atoms with Crippen LogP contribution in [0.3, 0.4) is 0 Å². The number of aromatic nitrogens is 2. The minimum Gasteiger partial charge on any atom is -0.378 e. The van der Waals surface area contributed by atoms with Gasteiger partial charge < -0.3 is 15.0 Å². The maximum absolute atomic E-state index is 12.2. The Bertz CT molecular complexity index is 420. The molecule has 1 amide bonds. The van der Waals surface area contributed by atoms with Gasteiger partial charge in [-0.25, -0.2) is 0 Å². The molecule has 19 heavy (non-hydrogen) atoms. The lowest BCUT2D eigenvalue weighted by atomic mass is 10.2. The largest absolute Gasteiger partial charge is 0.378 e. The van der Waals surface area contributed by atoms with Crippen LogP contribution in [0, 0.1) is 0 Å². The van der Waals surface area contributed by atoms with Gasteiger partial charge in [0.1, 0.15) is 16.9 Å². The van der Waals surface area contributed by atoms with Crippen molar-refractivity contribution >= 4 is 23.5 Å². The summed E-state index contributed by atoms with van der Waals surface area (Å²) < 4.78 is 5.23. The minimum atomic E-state index is -0.312. The van der Waals surface area contributed by atoms with Crippen molar-refractivity contribution in [2.75, 3.05) is 37.9 Å². The lowest BCUT2D eigenvalue weighted by Gasteiger charge is -2.29. The normalized spacial score (nSPS) is 17.1. The van der Waals surface area contributed by atoms with Crippen LogP contribution < -0.4 is 5.32 Å². The molecule has 0 saturated carbocycles. The highest BCUT2D eigenvalue weighted by Crippen LogP contribution is 2.12. The molecule has 104 valence electrons. The SMILES string of the molecule is CSc1ccc(NC(C)C(=O)N2CCOCC2)nn1. The second-order valence-corrected chi connectivity index (χ2v) is 5.09. The van der Waals surface area contributed by atoms with Gasteiger partial charge in [-0.2, -0.15) is 0 Å². The number of hydrogen-bond donors (Lipinski definition) is 1. The van der Waals surface area contributed by atoms with E-state index in [-0.39, 0.29) is 11.9 Å².